The molecule has 6 heteroatoms. The van der Waals surface area contributed by atoms with E-state index in [0.717, 1.165) is 47.5 Å². The van der Waals surface area contributed by atoms with E-state index in [9.17, 15) is 4.79 Å². The molecule has 5 rings (SSSR count). The highest BCUT2D eigenvalue weighted by atomic mass is 16.4. The molecule has 1 fully saturated rings. The number of imidazole rings is 1. The minimum absolute atomic E-state index is 0.360. The number of aryl methyl sites for hydroxylation is 2. The van der Waals surface area contributed by atoms with E-state index in [4.69, 9.17) is 4.42 Å². The van der Waals surface area contributed by atoms with Crippen molar-refractivity contribution in [2.75, 3.05) is 24.5 Å². The first-order valence-electron chi connectivity index (χ1n) is 10.0. The van der Waals surface area contributed by atoms with E-state index in [1.807, 2.05) is 48.8 Å². The van der Waals surface area contributed by atoms with E-state index in [0.29, 0.717) is 22.9 Å². The molecular formula is C23H24N4O2. The minimum Gasteiger partial charge on any atom is -0.422 e. The Hall–Kier alpha value is -3.12. The lowest BCUT2D eigenvalue weighted by Gasteiger charge is -2.33. The first-order valence-corrected chi connectivity index (χ1v) is 10.0. The predicted molar refractivity (Wildman–Crippen MR) is 116 cm³/mol. The van der Waals surface area contributed by atoms with E-state index in [2.05, 4.69) is 34.3 Å². The highest BCUT2D eigenvalue weighted by Crippen LogP contribution is 2.26. The van der Waals surface area contributed by atoms with Gasteiger partial charge < -0.3 is 19.0 Å². The number of fused-ring (bicyclic) bond motifs is 2. The van der Waals surface area contributed by atoms with E-state index in [1.165, 1.54) is 0 Å². The second kappa shape index (κ2) is 6.74. The topological polar surface area (TPSA) is 62.8 Å². The molecule has 0 aliphatic carbocycles. The van der Waals surface area contributed by atoms with Crippen LogP contribution in [0.15, 0.2) is 51.9 Å². The average Bonchev–Trinajstić information content (AvgIpc) is 3.11. The van der Waals surface area contributed by atoms with Gasteiger partial charge in [-0.15, -0.1) is 0 Å². The zero-order valence-corrected chi connectivity index (χ0v) is 16.9. The van der Waals surface area contributed by atoms with Gasteiger partial charge in [0.1, 0.15) is 11.2 Å². The summed E-state index contributed by atoms with van der Waals surface area (Å²) < 4.78 is 7.68. The fourth-order valence-corrected chi connectivity index (χ4v) is 4.22. The maximum Gasteiger partial charge on any atom is 0.345 e. The summed E-state index contributed by atoms with van der Waals surface area (Å²) in [6.07, 6.45) is 3.91. The average molecular weight is 388 g/mol. The van der Waals surface area contributed by atoms with Crippen molar-refractivity contribution in [2.24, 2.45) is 0 Å². The van der Waals surface area contributed by atoms with E-state index < -0.39 is 0 Å². The molecule has 1 N–H and O–H groups in total. The summed E-state index contributed by atoms with van der Waals surface area (Å²) in [4.78, 5) is 19.8. The molecule has 148 valence electrons. The summed E-state index contributed by atoms with van der Waals surface area (Å²) in [7, 11) is 0. The summed E-state index contributed by atoms with van der Waals surface area (Å²) in [5.41, 5.74) is 5.54. The van der Waals surface area contributed by atoms with Crippen LogP contribution in [0.25, 0.3) is 27.9 Å². The van der Waals surface area contributed by atoms with Gasteiger partial charge in [0.15, 0.2) is 0 Å². The molecule has 1 atom stereocenters. The van der Waals surface area contributed by atoms with E-state index in [1.54, 1.807) is 0 Å². The Labute approximate surface area is 168 Å². The number of benzene rings is 1. The first-order chi connectivity index (χ1) is 14.0. The van der Waals surface area contributed by atoms with Crippen LogP contribution in [0.5, 0.6) is 0 Å². The summed E-state index contributed by atoms with van der Waals surface area (Å²) in [5, 5.41) is 4.35. The van der Waals surface area contributed by atoms with Crippen LogP contribution < -0.4 is 15.8 Å². The minimum atomic E-state index is -0.360. The van der Waals surface area contributed by atoms with Gasteiger partial charge in [-0.1, -0.05) is 6.07 Å². The number of nitrogens with zero attached hydrogens (tertiary/aromatic N) is 3. The monoisotopic (exact) mass is 388 g/mol. The smallest absolute Gasteiger partial charge is 0.345 e. The third-order valence-electron chi connectivity index (χ3n) is 5.60. The molecule has 6 nitrogen and oxygen atoms in total. The summed E-state index contributed by atoms with van der Waals surface area (Å²) in [5.74, 6) is 0. The highest BCUT2D eigenvalue weighted by molar-refractivity contribution is 5.84. The third kappa shape index (κ3) is 3.19. The Morgan fingerprint density at radius 2 is 2.03 bits per heavy atom. The number of aromatic nitrogens is 2. The third-order valence-corrected chi connectivity index (χ3v) is 5.60. The van der Waals surface area contributed by atoms with Crippen LogP contribution in [0, 0.1) is 13.8 Å². The molecule has 1 aliphatic heterocycles. The Balaban J connectivity index is 1.58. The molecule has 0 amide bonds. The van der Waals surface area contributed by atoms with Crippen molar-refractivity contribution in [3.63, 3.8) is 0 Å². The van der Waals surface area contributed by atoms with E-state index >= 15 is 0 Å². The molecule has 4 aromatic rings. The van der Waals surface area contributed by atoms with Crippen LogP contribution in [0.1, 0.15) is 18.1 Å². The lowest BCUT2D eigenvalue weighted by atomic mass is 10.1. The van der Waals surface area contributed by atoms with Crippen molar-refractivity contribution in [2.45, 2.75) is 26.8 Å². The molecule has 3 aromatic heterocycles. The van der Waals surface area contributed by atoms with Crippen molar-refractivity contribution in [3.8, 4) is 11.3 Å². The van der Waals surface area contributed by atoms with Gasteiger partial charge in [-0.2, -0.15) is 0 Å². The molecule has 4 heterocycles. The second-order valence-corrected chi connectivity index (χ2v) is 8.03. The molecular weight excluding hydrogens is 364 g/mol. The van der Waals surface area contributed by atoms with Crippen LogP contribution in [0.3, 0.4) is 0 Å². The quantitative estimate of drug-likeness (QED) is 0.533. The van der Waals surface area contributed by atoms with Gasteiger partial charge in [0.25, 0.3) is 0 Å². The lowest BCUT2D eigenvalue weighted by molar-refractivity contribution is 0.484. The molecule has 1 aromatic carbocycles. The van der Waals surface area contributed by atoms with Crippen LogP contribution in [0.2, 0.25) is 0 Å². The normalized spacial score (nSPS) is 17.3. The Bertz CT molecular complexity index is 1290. The number of anilines is 1. The van der Waals surface area contributed by atoms with Gasteiger partial charge in [-0.3, -0.25) is 0 Å². The SMILES string of the molecule is Cc1cc(C)c2nc(-c3cc4ccc(N5CCNC(C)C5)cc4oc3=O)cn2c1. The van der Waals surface area contributed by atoms with Gasteiger partial charge >= 0.3 is 5.63 Å². The predicted octanol–water partition coefficient (Wildman–Crippen LogP) is 3.52. The summed E-state index contributed by atoms with van der Waals surface area (Å²) in [6, 6.07) is 10.5. The first kappa shape index (κ1) is 17.9. The van der Waals surface area contributed by atoms with Crippen LogP contribution in [0.4, 0.5) is 5.69 Å². The van der Waals surface area contributed by atoms with Crippen molar-refractivity contribution in [1.29, 1.82) is 0 Å². The van der Waals surface area contributed by atoms with Crippen molar-refractivity contribution in [3.05, 3.63) is 64.3 Å². The molecule has 1 aliphatic rings. The molecule has 0 spiro atoms. The van der Waals surface area contributed by atoms with Gasteiger partial charge in [0.2, 0.25) is 0 Å². The summed E-state index contributed by atoms with van der Waals surface area (Å²) in [6.45, 7) is 9.09. The van der Waals surface area contributed by atoms with Gasteiger partial charge in [-0.25, -0.2) is 9.78 Å². The molecule has 0 saturated carbocycles. The number of hydrogen-bond acceptors (Lipinski definition) is 5. The second-order valence-electron chi connectivity index (χ2n) is 8.03. The van der Waals surface area contributed by atoms with E-state index in [-0.39, 0.29) is 5.63 Å². The maximum absolute atomic E-state index is 12.8. The number of hydrogen-bond donors (Lipinski definition) is 1. The van der Waals surface area contributed by atoms with Crippen molar-refractivity contribution < 1.29 is 4.42 Å². The fraction of sp³-hybridized carbons (Fsp3) is 0.304. The highest BCUT2D eigenvalue weighted by Gasteiger charge is 2.18. The lowest BCUT2D eigenvalue weighted by Crippen LogP contribution is -2.49. The van der Waals surface area contributed by atoms with Gasteiger partial charge in [-0.05, 0) is 50.1 Å². The number of piperazine rings is 1. The van der Waals surface area contributed by atoms with Crippen LogP contribution in [-0.4, -0.2) is 35.1 Å². The zero-order chi connectivity index (χ0) is 20.1. The molecule has 0 radical (unpaired) electrons. The molecule has 1 unspecified atom stereocenters. The number of pyridine rings is 1. The Morgan fingerprint density at radius 1 is 1.17 bits per heavy atom. The zero-order valence-electron chi connectivity index (χ0n) is 16.9. The van der Waals surface area contributed by atoms with Gasteiger partial charge in [0, 0.05) is 55.2 Å². The fourth-order valence-electron chi connectivity index (χ4n) is 4.22. The van der Waals surface area contributed by atoms with Crippen LogP contribution in [-0.2, 0) is 0 Å². The summed E-state index contributed by atoms with van der Waals surface area (Å²) >= 11 is 0. The van der Waals surface area contributed by atoms with Crippen LogP contribution >= 0.6 is 0 Å². The largest absolute Gasteiger partial charge is 0.422 e. The van der Waals surface area contributed by atoms with Crippen molar-refractivity contribution >= 4 is 22.3 Å². The molecule has 0 bridgehead atoms. The Kier molecular flexibility index (Phi) is 4.17. The number of nitrogens with one attached hydrogen (secondary N) is 1. The standard InChI is InChI=1S/C23H24N4O2/c1-14-8-15(2)22-25-20(13-27(22)11-14)19-9-17-4-5-18(10-21(17)29-23(19)28)26-7-6-24-16(3)12-26/h4-5,8-11,13,16,24H,6-7,12H2,1-3H3. The number of rotatable bonds is 2. The Morgan fingerprint density at radius 3 is 2.86 bits per heavy atom. The maximum atomic E-state index is 12.8. The molecule has 1 saturated heterocycles. The van der Waals surface area contributed by atoms with Crippen molar-refractivity contribution in [1.82, 2.24) is 14.7 Å². The molecule has 29 heavy (non-hydrogen) atoms. The van der Waals surface area contributed by atoms with Gasteiger partial charge in [0.05, 0.1) is 11.3 Å².